The van der Waals surface area contributed by atoms with E-state index in [0.717, 1.165) is 24.2 Å². The average molecular weight is 224 g/mol. The molecule has 0 saturated carbocycles. The molecule has 0 aliphatic heterocycles. The van der Waals surface area contributed by atoms with Crippen LogP contribution in [0.15, 0.2) is 18.5 Å². The zero-order valence-electron chi connectivity index (χ0n) is 8.79. The van der Waals surface area contributed by atoms with Crippen LogP contribution in [0.3, 0.4) is 0 Å². The van der Waals surface area contributed by atoms with E-state index >= 15 is 0 Å². The van der Waals surface area contributed by atoms with Gasteiger partial charge in [0.25, 0.3) is 0 Å². The quantitative estimate of drug-likeness (QED) is 0.445. The van der Waals surface area contributed by atoms with Crippen molar-refractivity contribution in [3.63, 3.8) is 0 Å². The molecule has 0 spiro atoms. The van der Waals surface area contributed by atoms with Crippen molar-refractivity contribution in [3.05, 3.63) is 24.0 Å². The van der Waals surface area contributed by atoms with Crippen molar-refractivity contribution in [2.45, 2.75) is 19.8 Å². The number of unbranched alkanes of at least 4 members (excludes halogenated alkanes) is 1. The lowest BCUT2D eigenvalue weighted by Crippen LogP contribution is -1.92. The lowest BCUT2D eigenvalue weighted by Gasteiger charge is -2.01. The molecule has 0 unspecified atom stereocenters. The highest BCUT2D eigenvalue weighted by Crippen LogP contribution is 2.09. The molecule has 0 N–H and O–H groups in total. The molecule has 0 bridgehead atoms. The van der Waals surface area contributed by atoms with Crippen molar-refractivity contribution in [1.82, 2.24) is 4.98 Å². The lowest BCUT2D eigenvalue weighted by atomic mass is 10.2. The molecule has 80 valence electrons. The van der Waals surface area contributed by atoms with Crippen LogP contribution in [0.5, 0.6) is 5.75 Å². The molecule has 0 aromatic carbocycles. The molecule has 0 atom stereocenters. The topological polar surface area (TPSA) is 22.1 Å². The zero-order chi connectivity index (χ0) is 10.9. The Hall–Kier alpha value is -1.20. The summed E-state index contributed by atoms with van der Waals surface area (Å²) < 4.78 is 5.32. The highest BCUT2D eigenvalue weighted by Gasteiger charge is 1.93. The number of alkyl halides is 1. The Morgan fingerprint density at radius 3 is 3.07 bits per heavy atom. The number of hydrogen-bond donors (Lipinski definition) is 0. The summed E-state index contributed by atoms with van der Waals surface area (Å²) in [6, 6.07) is 1.89. The monoisotopic (exact) mass is 223 g/mol. The van der Waals surface area contributed by atoms with E-state index in [4.69, 9.17) is 16.3 Å². The van der Waals surface area contributed by atoms with E-state index in [0.29, 0.717) is 12.5 Å². The zero-order valence-corrected chi connectivity index (χ0v) is 9.55. The first kappa shape index (κ1) is 11.9. The molecular weight excluding hydrogens is 210 g/mol. The Bertz CT molecular complexity index is 354. The third-order valence-electron chi connectivity index (χ3n) is 1.69. The molecular formula is C12H14ClNO. The highest BCUT2D eigenvalue weighted by atomic mass is 35.5. The summed E-state index contributed by atoms with van der Waals surface area (Å²) in [7, 11) is 0. The Balaban J connectivity index is 2.59. The molecule has 0 aliphatic carbocycles. The predicted molar refractivity (Wildman–Crippen MR) is 62.2 cm³/mol. The van der Waals surface area contributed by atoms with Crippen molar-refractivity contribution in [1.29, 1.82) is 0 Å². The molecule has 0 saturated heterocycles. The van der Waals surface area contributed by atoms with E-state index in [1.54, 1.807) is 12.4 Å². The molecule has 3 heteroatoms. The van der Waals surface area contributed by atoms with Gasteiger partial charge in [-0.1, -0.05) is 11.8 Å². The van der Waals surface area contributed by atoms with E-state index in [1.165, 1.54) is 0 Å². The molecule has 1 aromatic heterocycles. The van der Waals surface area contributed by atoms with E-state index in [9.17, 15) is 0 Å². The third kappa shape index (κ3) is 4.71. The maximum Gasteiger partial charge on any atom is 0.138 e. The molecule has 1 heterocycles. The second-order valence-electron chi connectivity index (χ2n) is 2.94. The first-order valence-electron chi connectivity index (χ1n) is 4.99. The summed E-state index contributed by atoms with van der Waals surface area (Å²) in [5, 5.41) is 0. The van der Waals surface area contributed by atoms with Crippen molar-refractivity contribution in [3.8, 4) is 17.6 Å². The standard InChI is InChI=1S/C12H14ClNO/c1-2-15-12-8-11(9-14-10-12)6-4-3-5-7-13/h8-10H,2-3,5,7H2,1H3. The minimum atomic E-state index is 0.644. The minimum Gasteiger partial charge on any atom is -0.492 e. The Labute approximate surface area is 95.6 Å². The summed E-state index contributed by atoms with van der Waals surface area (Å²) >= 11 is 5.55. The summed E-state index contributed by atoms with van der Waals surface area (Å²) in [4.78, 5) is 4.05. The van der Waals surface area contributed by atoms with Gasteiger partial charge in [0.2, 0.25) is 0 Å². The molecule has 1 aromatic rings. The van der Waals surface area contributed by atoms with Gasteiger partial charge in [-0.05, 0) is 19.4 Å². The number of rotatable bonds is 4. The number of hydrogen-bond acceptors (Lipinski definition) is 2. The Morgan fingerprint density at radius 2 is 2.33 bits per heavy atom. The molecule has 1 rings (SSSR count). The maximum atomic E-state index is 5.55. The number of aromatic nitrogens is 1. The van der Waals surface area contributed by atoms with E-state index < -0.39 is 0 Å². The fraction of sp³-hybridized carbons (Fsp3) is 0.417. The number of ether oxygens (including phenoxy) is 1. The average Bonchev–Trinajstić information content (AvgIpc) is 2.26. The lowest BCUT2D eigenvalue weighted by molar-refractivity contribution is 0.339. The van der Waals surface area contributed by atoms with Gasteiger partial charge >= 0.3 is 0 Å². The van der Waals surface area contributed by atoms with Crippen LogP contribution in [-0.2, 0) is 0 Å². The maximum absolute atomic E-state index is 5.55. The van der Waals surface area contributed by atoms with Crippen LogP contribution in [0.25, 0.3) is 0 Å². The third-order valence-corrected chi connectivity index (χ3v) is 1.96. The van der Waals surface area contributed by atoms with E-state index in [-0.39, 0.29) is 0 Å². The van der Waals surface area contributed by atoms with Gasteiger partial charge in [-0.15, -0.1) is 11.6 Å². The molecule has 0 radical (unpaired) electrons. The molecule has 0 fully saturated rings. The molecule has 0 aliphatic rings. The number of pyridine rings is 1. The number of nitrogens with zero attached hydrogens (tertiary/aromatic N) is 1. The van der Waals surface area contributed by atoms with Gasteiger partial charge in [0.15, 0.2) is 0 Å². The summed E-state index contributed by atoms with van der Waals surface area (Å²) in [5.74, 6) is 7.49. The van der Waals surface area contributed by atoms with Crippen LogP contribution in [0.2, 0.25) is 0 Å². The Kier molecular flexibility index (Phi) is 5.65. The van der Waals surface area contributed by atoms with Gasteiger partial charge in [-0.3, -0.25) is 4.98 Å². The van der Waals surface area contributed by atoms with Gasteiger partial charge in [0.1, 0.15) is 5.75 Å². The largest absolute Gasteiger partial charge is 0.492 e. The van der Waals surface area contributed by atoms with Crippen molar-refractivity contribution in [2.24, 2.45) is 0 Å². The summed E-state index contributed by atoms with van der Waals surface area (Å²) in [6.07, 6.45) is 5.17. The fourth-order valence-corrected chi connectivity index (χ4v) is 1.19. The van der Waals surface area contributed by atoms with E-state index in [2.05, 4.69) is 16.8 Å². The first-order chi connectivity index (χ1) is 7.36. The van der Waals surface area contributed by atoms with Crippen LogP contribution in [0.4, 0.5) is 0 Å². The molecule has 15 heavy (non-hydrogen) atoms. The SMILES string of the molecule is CCOc1cncc(C#CCCCCl)c1. The highest BCUT2D eigenvalue weighted by molar-refractivity contribution is 6.17. The molecule has 0 amide bonds. The second-order valence-corrected chi connectivity index (χ2v) is 3.31. The van der Waals surface area contributed by atoms with Gasteiger partial charge in [0, 0.05) is 24.1 Å². The fourth-order valence-electron chi connectivity index (χ4n) is 1.05. The first-order valence-corrected chi connectivity index (χ1v) is 5.53. The summed E-state index contributed by atoms with van der Waals surface area (Å²) in [6.45, 7) is 2.59. The van der Waals surface area contributed by atoms with Crippen molar-refractivity contribution < 1.29 is 4.74 Å². The van der Waals surface area contributed by atoms with Crippen LogP contribution in [0.1, 0.15) is 25.3 Å². The minimum absolute atomic E-state index is 0.644. The second kappa shape index (κ2) is 7.14. The normalized spacial score (nSPS) is 9.20. The van der Waals surface area contributed by atoms with Gasteiger partial charge in [0.05, 0.1) is 12.8 Å². The van der Waals surface area contributed by atoms with Gasteiger partial charge in [-0.25, -0.2) is 0 Å². The predicted octanol–water partition coefficient (Wildman–Crippen LogP) is 2.85. The number of halogens is 1. The summed E-state index contributed by atoms with van der Waals surface area (Å²) in [5.41, 5.74) is 0.885. The van der Waals surface area contributed by atoms with Gasteiger partial charge in [-0.2, -0.15) is 0 Å². The Morgan fingerprint density at radius 1 is 1.47 bits per heavy atom. The van der Waals surface area contributed by atoms with Crippen LogP contribution in [-0.4, -0.2) is 17.5 Å². The molecule has 2 nitrogen and oxygen atoms in total. The van der Waals surface area contributed by atoms with Crippen LogP contribution < -0.4 is 4.74 Å². The van der Waals surface area contributed by atoms with Crippen LogP contribution >= 0.6 is 11.6 Å². The van der Waals surface area contributed by atoms with E-state index in [1.807, 2.05) is 13.0 Å². The van der Waals surface area contributed by atoms with Crippen LogP contribution in [0, 0.1) is 11.8 Å². The van der Waals surface area contributed by atoms with Crippen molar-refractivity contribution >= 4 is 11.6 Å². The smallest absolute Gasteiger partial charge is 0.138 e. The van der Waals surface area contributed by atoms with Crippen molar-refractivity contribution in [2.75, 3.05) is 12.5 Å². The van der Waals surface area contributed by atoms with Gasteiger partial charge < -0.3 is 4.74 Å².